The highest BCUT2D eigenvalue weighted by Crippen LogP contribution is 2.39. The number of Topliss-reactive ketones (excluding diaryl/α,β-unsaturated/α-hetero) is 1. The summed E-state index contributed by atoms with van der Waals surface area (Å²) in [6, 6.07) is 2.63. The second-order valence-corrected chi connectivity index (χ2v) is 5.70. The number of fused-ring (bicyclic) bond motifs is 1. The quantitative estimate of drug-likeness (QED) is 0.589. The summed E-state index contributed by atoms with van der Waals surface area (Å²) in [5, 5.41) is 38.6. The van der Waals surface area contributed by atoms with Crippen LogP contribution < -0.4 is 9.47 Å². The van der Waals surface area contributed by atoms with Crippen LogP contribution in [-0.4, -0.2) is 63.5 Å². The molecular formula is C15H18O8. The van der Waals surface area contributed by atoms with Crippen LogP contribution in [0.1, 0.15) is 23.7 Å². The van der Waals surface area contributed by atoms with E-state index in [1.807, 2.05) is 0 Å². The first kappa shape index (κ1) is 16.0. The number of aliphatic hydroxyl groups excluding tert-OH is 3. The summed E-state index contributed by atoms with van der Waals surface area (Å²) in [7, 11) is 0. The highest BCUT2D eigenvalue weighted by atomic mass is 16.7. The average Bonchev–Trinajstić information content (AvgIpc) is 2.74. The lowest BCUT2D eigenvalue weighted by Crippen LogP contribution is -2.35. The van der Waals surface area contributed by atoms with Crippen LogP contribution >= 0.6 is 0 Å². The van der Waals surface area contributed by atoms with E-state index in [1.54, 1.807) is 6.92 Å². The van der Waals surface area contributed by atoms with Gasteiger partial charge in [0.05, 0.1) is 6.61 Å². The molecule has 23 heavy (non-hydrogen) atoms. The largest absolute Gasteiger partial charge is 0.507 e. The van der Waals surface area contributed by atoms with E-state index in [-0.39, 0.29) is 41.1 Å². The summed E-state index contributed by atoms with van der Waals surface area (Å²) in [4.78, 5) is 11.9. The third-order valence-electron chi connectivity index (χ3n) is 3.89. The van der Waals surface area contributed by atoms with E-state index in [4.69, 9.17) is 19.3 Å². The predicted octanol–water partition coefficient (Wildman–Crippen LogP) is -0.436. The van der Waals surface area contributed by atoms with Gasteiger partial charge >= 0.3 is 0 Å². The van der Waals surface area contributed by atoms with E-state index in [0.29, 0.717) is 0 Å². The van der Waals surface area contributed by atoms with Gasteiger partial charge in [0.25, 0.3) is 0 Å². The minimum Gasteiger partial charge on any atom is -0.507 e. The minimum absolute atomic E-state index is 0.0941. The molecule has 5 atom stereocenters. The van der Waals surface area contributed by atoms with Crippen molar-refractivity contribution in [2.75, 3.05) is 6.61 Å². The van der Waals surface area contributed by atoms with Crippen LogP contribution in [0.2, 0.25) is 0 Å². The molecule has 5 unspecified atom stereocenters. The van der Waals surface area contributed by atoms with Crippen LogP contribution in [0.5, 0.6) is 17.2 Å². The van der Waals surface area contributed by atoms with Gasteiger partial charge in [-0.15, -0.1) is 0 Å². The zero-order valence-corrected chi connectivity index (χ0v) is 12.4. The SMILES string of the molecule is CC1CC(=O)c2c(O)cc(OC3OC(CO)C(O)C3O)cc2O1. The fourth-order valence-electron chi connectivity index (χ4n) is 2.74. The Bertz CT molecular complexity index is 616. The number of hydrogen-bond donors (Lipinski definition) is 4. The topological polar surface area (TPSA) is 126 Å². The highest BCUT2D eigenvalue weighted by Gasteiger charge is 2.44. The van der Waals surface area contributed by atoms with Crippen molar-refractivity contribution in [3.8, 4) is 17.2 Å². The molecule has 126 valence electrons. The number of hydrogen-bond acceptors (Lipinski definition) is 8. The summed E-state index contributed by atoms with van der Waals surface area (Å²) >= 11 is 0. The van der Waals surface area contributed by atoms with E-state index in [2.05, 4.69) is 0 Å². The maximum absolute atomic E-state index is 11.9. The number of carbonyl (C=O) groups excluding carboxylic acids is 1. The molecule has 0 amide bonds. The second kappa shape index (κ2) is 5.97. The Hall–Kier alpha value is -1.87. The van der Waals surface area contributed by atoms with Crippen LogP contribution in [0.15, 0.2) is 12.1 Å². The maximum Gasteiger partial charge on any atom is 0.229 e. The number of aromatic hydroxyl groups is 1. The number of aliphatic hydroxyl groups is 3. The molecule has 1 fully saturated rings. The fourth-order valence-corrected chi connectivity index (χ4v) is 2.74. The average molecular weight is 326 g/mol. The van der Waals surface area contributed by atoms with E-state index in [9.17, 15) is 20.1 Å². The zero-order chi connectivity index (χ0) is 16.7. The molecule has 0 bridgehead atoms. The van der Waals surface area contributed by atoms with Crippen LogP contribution in [0.4, 0.5) is 0 Å². The number of phenols is 1. The van der Waals surface area contributed by atoms with Crippen molar-refractivity contribution in [1.82, 2.24) is 0 Å². The Kier molecular flexibility index (Phi) is 4.15. The molecule has 0 spiro atoms. The fraction of sp³-hybridized carbons (Fsp3) is 0.533. The van der Waals surface area contributed by atoms with Gasteiger partial charge in [0, 0.05) is 18.6 Å². The van der Waals surface area contributed by atoms with E-state index < -0.39 is 31.2 Å². The zero-order valence-electron chi connectivity index (χ0n) is 12.4. The van der Waals surface area contributed by atoms with Crippen LogP contribution in [0, 0.1) is 0 Å². The van der Waals surface area contributed by atoms with E-state index in [1.165, 1.54) is 12.1 Å². The van der Waals surface area contributed by atoms with Gasteiger partial charge in [-0.1, -0.05) is 0 Å². The molecule has 3 rings (SSSR count). The second-order valence-electron chi connectivity index (χ2n) is 5.70. The molecule has 0 aliphatic carbocycles. The first-order chi connectivity index (χ1) is 10.9. The van der Waals surface area contributed by atoms with Gasteiger partial charge in [0.15, 0.2) is 5.78 Å². The normalized spacial score (nSPS) is 33.2. The van der Waals surface area contributed by atoms with Crippen molar-refractivity contribution in [3.05, 3.63) is 17.7 Å². The third kappa shape index (κ3) is 2.86. The third-order valence-corrected chi connectivity index (χ3v) is 3.89. The molecule has 0 saturated carbocycles. The molecule has 4 N–H and O–H groups in total. The highest BCUT2D eigenvalue weighted by molar-refractivity contribution is 6.02. The lowest BCUT2D eigenvalue weighted by atomic mass is 10.00. The van der Waals surface area contributed by atoms with Crippen molar-refractivity contribution in [2.24, 2.45) is 0 Å². The van der Waals surface area contributed by atoms with Crippen molar-refractivity contribution < 1.29 is 39.4 Å². The predicted molar refractivity (Wildman–Crippen MR) is 75.5 cm³/mol. The van der Waals surface area contributed by atoms with Crippen molar-refractivity contribution in [3.63, 3.8) is 0 Å². The lowest BCUT2D eigenvalue weighted by Gasteiger charge is -2.24. The summed E-state index contributed by atoms with van der Waals surface area (Å²) in [5.74, 6) is -0.217. The molecule has 0 radical (unpaired) electrons. The first-order valence-corrected chi connectivity index (χ1v) is 7.26. The Labute approximate surface area is 131 Å². The molecule has 0 aromatic heterocycles. The van der Waals surface area contributed by atoms with Crippen molar-refractivity contribution in [2.45, 2.75) is 44.1 Å². The standard InChI is InChI=1S/C15H18O8/c1-6-2-8(17)12-9(18)3-7(4-10(12)21-6)22-15-14(20)13(19)11(5-16)23-15/h3-4,6,11,13-16,18-20H,2,5H2,1H3. The van der Waals surface area contributed by atoms with E-state index >= 15 is 0 Å². The summed E-state index contributed by atoms with van der Waals surface area (Å²) in [6.07, 6.45) is -4.95. The first-order valence-electron chi connectivity index (χ1n) is 7.26. The molecule has 8 heteroatoms. The Morgan fingerprint density at radius 2 is 2.04 bits per heavy atom. The van der Waals surface area contributed by atoms with Gasteiger partial charge in [-0.2, -0.15) is 0 Å². The molecular weight excluding hydrogens is 308 g/mol. The number of phenolic OH excluding ortho intramolecular Hbond substituents is 1. The monoisotopic (exact) mass is 326 g/mol. The smallest absolute Gasteiger partial charge is 0.229 e. The molecule has 1 saturated heterocycles. The van der Waals surface area contributed by atoms with Crippen LogP contribution in [-0.2, 0) is 4.74 Å². The number of carbonyl (C=O) groups is 1. The summed E-state index contributed by atoms with van der Waals surface area (Å²) < 4.78 is 16.1. The number of benzene rings is 1. The van der Waals surface area contributed by atoms with Gasteiger partial charge in [0.2, 0.25) is 6.29 Å². The number of rotatable bonds is 3. The molecule has 2 aliphatic rings. The minimum atomic E-state index is -1.35. The van der Waals surface area contributed by atoms with Crippen molar-refractivity contribution in [1.29, 1.82) is 0 Å². The molecule has 8 nitrogen and oxygen atoms in total. The van der Waals surface area contributed by atoms with Gasteiger partial charge in [-0.25, -0.2) is 0 Å². The maximum atomic E-state index is 11.9. The van der Waals surface area contributed by atoms with Gasteiger partial charge in [0.1, 0.15) is 47.2 Å². The Morgan fingerprint density at radius 1 is 1.30 bits per heavy atom. The summed E-state index contributed by atoms with van der Waals surface area (Å²) in [5.41, 5.74) is 0.0941. The van der Waals surface area contributed by atoms with Gasteiger partial charge in [-0.05, 0) is 6.92 Å². The van der Waals surface area contributed by atoms with E-state index in [0.717, 1.165) is 0 Å². The Balaban J connectivity index is 1.84. The molecule has 2 aliphatic heterocycles. The molecule has 1 aromatic rings. The number of ether oxygens (including phenoxy) is 3. The lowest BCUT2D eigenvalue weighted by molar-refractivity contribution is -0.116. The summed E-state index contributed by atoms with van der Waals surface area (Å²) in [6.45, 7) is 1.26. The van der Waals surface area contributed by atoms with Crippen molar-refractivity contribution >= 4 is 5.78 Å². The van der Waals surface area contributed by atoms with Gasteiger partial charge < -0.3 is 34.6 Å². The Morgan fingerprint density at radius 3 is 2.70 bits per heavy atom. The van der Waals surface area contributed by atoms with Crippen LogP contribution in [0.25, 0.3) is 0 Å². The molecule has 1 aromatic carbocycles. The van der Waals surface area contributed by atoms with Crippen LogP contribution in [0.3, 0.4) is 0 Å². The number of ketones is 1. The molecule has 2 heterocycles. The van der Waals surface area contributed by atoms with Gasteiger partial charge in [-0.3, -0.25) is 4.79 Å².